The summed E-state index contributed by atoms with van der Waals surface area (Å²) in [6.45, 7) is 4.57. The molecule has 0 bridgehead atoms. The van der Waals surface area contributed by atoms with Gasteiger partial charge in [0.15, 0.2) is 0 Å². The van der Waals surface area contributed by atoms with Crippen LogP contribution in [0.5, 0.6) is 0 Å². The van der Waals surface area contributed by atoms with E-state index in [1.165, 1.54) is 0 Å². The summed E-state index contributed by atoms with van der Waals surface area (Å²) in [6.07, 6.45) is 0. The fraction of sp³-hybridized carbons (Fsp3) is 0.875. The lowest BCUT2D eigenvalue weighted by Crippen LogP contribution is -2.49. The molecule has 5 heteroatoms. The largest absolute Gasteiger partial charge is 0.339 e. The van der Waals surface area contributed by atoms with Crippen LogP contribution in [0.1, 0.15) is 6.92 Å². The Morgan fingerprint density at radius 3 is 3.00 bits per heavy atom. The van der Waals surface area contributed by atoms with Crippen molar-refractivity contribution in [2.24, 2.45) is 0 Å². The Morgan fingerprint density at radius 2 is 2.38 bits per heavy atom. The molecule has 0 aromatic carbocycles. The quantitative estimate of drug-likeness (QED) is 0.651. The fourth-order valence-electron chi connectivity index (χ4n) is 1.24. The summed E-state index contributed by atoms with van der Waals surface area (Å²) in [7, 11) is -0.758. The molecule has 1 heterocycles. The van der Waals surface area contributed by atoms with E-state index in [1.807, 2.05) is 6.92 Å². The predicted molar refractivity (Wildman–Crippen MR) is 53.0 cm³/mol. The Labute approximate surface area is 81.1 Å². The van der Waals surface area contributed by atoms with Crippen molar-refractivity contribution in [3.8, 4) is 0 Å². The van der Waals surface area contributed by atoms with E-state index >= 15 is 0 Å². The Kier molecular flexibility index (Phi) is 4.38. The van der Waals surface area contributed by atoms with E-state index in [-0.39, 0.29) is 5.91 Å². The van der Waals surface area contributed by atoms with E-state index in [2.05, 4.69) is 5.32 Å². The zero-order chi connectivity index (χ0) is 9.68. The molecule has 1 amide bonds. The average molecular weight is 204 g/mol. The van der Waals surface area contributed by atoms with Gasteiger partial charge < -0.3 is 10.2 Å². The lowest BCUT2D eigenvalue weighted by atomic mass is 10.3. The molecule has 1 rings (SSSR count). The minimum absolute atomic E-state index is 0.124. The van der Waals surface area contributed by atoms with Gasteiger partial charge in [-0.2, -0.15) is 0 Å². The highest BCUT2D eigenvalue weighted by molar-refractivity contribution is 7.84. The van der Waals surface area contributed by atoms with Crippen LogP contribution in [0.4, 0.5) is 0 Å². The summed E-state index contributed by atoms with van der Waals surface area (Å²) in [5.41, 5.74) is 0. The maximum Gasteiger partial charge on any atom is 0.236 e. The number of piperazine rings is 1. The Morgan fingerprint density at radius 1 is 1.62 bits per heavy atom. The average Bonchev–Trinajstić information content (AvgIpc) is 2.16. The van der Waals surface area contributed by atoms with Crippen molar-refractivity contribution in [1.29, 1.82) is 0 Å². The summed E-state index contributed by atoms with van der Waals surface area (Å²) >= 11 is 0. The summed E-state index contributed by atoms with van der Waals surface area (Å²) in [4.78, 5) is 13.0. The Balaban J connectivity index is 2.26. The number of rotatable bonds is 4. The third kappa shape index (κ3) is 3.44. The molecule has 13 heavy (non-hydrogen) atoms. The number of carbonyl (C=O) groups excluding carboxylic acids is 1. The summed E-state index contributed by atoms with van der Waals surface area (Å²) in [5, 5.41) is 3.00. The zero-order valence-electron chi connectivity index (χ0n) is 7.91. The number of carbonyl (C=O) groups is 1. The molecular formula is C8H16N2O2S. The van der Waals surface area contributed by atoms with Crippen molar-refractivity contribution in [1.82, 2.24) is 10.2 Å². The number of amides is 1. The number of hydrogen-bond acceptors (Lipinski definition) is 3. The molecule has 0 aliphatic carbocycles. The van der Waals surface area contributed by atoms with Crippen LogP contribution < -0.4 is 5.32 Å². The topological polar surface area (TPSA) is 49.4 Å². The second-order valence-electron chi connectivity index (χ2n) is 2.99. The van der Waals surface area contributed by atoms with Gasteiger partial charge in [-0.15, -0.1) is 0 Å². The van der Waals surface area contributed by atoms with E-state index in [0.717, 1.165) is 13.1 Å². The molecule has 0 saturated carbocycles. The number of hydrogen-bond donors (Lipinski definition) is 1. The first kappa shape index (κ1) is 10.7. The SMILES string of the molecule is CCS(=O)CCN1CCNCC1=O. The second kappa shape index (κ2) is 5.34. The van der Waals surface area contributed by atoms with Gasteiger partial charge >= 0.3 is 0 Å². The van der Waals surface area contributed by atoms with E-state index in [0.29, 0.717) is 24.6 Å². The van der Waals surface area contributed by atoms with Crippen LogP contribution in [0, 0.1) is 0 Å². The molecule has 4 nitrogen and oxygen atoms in total. The molecule has 76 valence electrons. The monoisotopic (exact) mass is 204 g/mol. The predicted octanol–water partition coefficient (Wildman–Crippen LogP) is -0.813. The molecule has 1 aliphatic heterocycles. The lowest BCUT2D eigenvalue weighted by molar-refractivity contribution is -0.131. The van der Waals surface area contributed by atoms with Gasteiger partial charge in [0.1, 0.15) is 0 Å². The van der Waals surface area contributed by atoms with Gasteiger partial charge in [-0.1, -0.05) is 6.92 Å². The second-order valence-corrected chi connectivity index (χ2v) is 4.86. The van der Waals surface area contributed by atoms with Crippen LogP contribution in [-0.4, -0.2) is 52.7 Å². The van der Waals surface area contributed by atoms with E-state index in [1.54, 1.807) is 4.90 Å². The van der Waals surface area contributed by atoms with Gasteiger partial charge in [-0.05, 0) is 0 Å². The standard InChI is InChI=1S/C8H16N2O2S/c1-2-13(12)6-5-10-4-3-9-7-8(10)11/h9H,2-7H2,1H3. The van der Waals surface area contributed by atoms with Crippen molar-refractivity contribution in [2.45, 2.75) is 6.92 Å². The van der Waals surface area contributed by atoms with Crippen molar-refractivity contribution < 1.29 is 9.00 Å². The minimum atomic E-state index is -0.758. The molecule has 1 atom stereocenters. The summed E-state index contributed by atoms with van der Waals surface area (Å²) < 4.78 is 11.1. The van der Waals surface area contributed by atoms with E-state index in [9.17, 15) is 9.00 Å². The van der Waals surface area contributed by atoms with E-state index in [4.69, 9.17) is 0 Å². The molecule has 1 unspecified atom stereocenters. The van der Waals surface area contributed by atoms with Gasteiger partial charge in [0.2, 0.25) is 5.91 Å². The summed E-state index contributed by atoms with van der Waals surface area (Å²) in [5.74, 6) is 1.42. The smallest absolute Gasteiger partial charge is 0.236 e. The van der Waals surface area contributed by atoms with Crippen LogP contribution >= 0.6 is 0 Å². The number of nitrogens with zero attached hydrogens (tertiary/aromatic N) is 1. The maximum absolute atomic E-state index is 11.3. The van der Waals surface area contributed by atoms with E-state index < -0.39 is 10.8 Å². The van der Waals surface area contributed by atoms with Gasteiger partial charge in [-0.25, -0.2) is 0 Å². The number of nitrogens with one attached hydrogen (secondary N) is 1. The van der Waals surface area contributed by atoms with Gasteiger partial charge in [0, 0.05) is 41.9 Å². The molecule has 0 radical (unpaired) electrons. The van der Waals surface area contributed by atoms with Crippen LogP contribution in [0.3, 0.4) is 0 Å². The van der Waals surface area contributed by atoms with Crippen molar-refractivity contribution in [2.75, 3.05) is 37.7 Å². The highest BCUT2D eigenvalue weighted by atomic mass is 32.2. The fourth-order valence-corrected chi connectivity index (χ4v) is 1.95. The zero-order valence-corrected chi connectivity index (χ0v) is 8.73. The normalized spacial score (nSPS) is 20.4. The van der Waals surface area contributed by atoms with Crippen LogP contribution in [0.15, 0.2) is 0 Å². The molecule has 1 saturated heterocycles. The third-order valence-corrected chi connectivity index (χ3v) is 3.38. The first-order valence-corrected chi connectivity index (χ1v) is 6.06. The molecule has 1 fully saturated rings. The molecule has 1 aliphatic rings. The van der Waals surface area contributed by atoms with Crippen LogP contribution in [0.25, 0.3) is 0 Å². The summed E-state index contributed by atoms with van der Waals surface area (Å²) in [6, 6.07) is 0. The van der Waals surface area contributed by atoms with Crippen LogP contribution in [-0.2, 0) is 15.6 Å². The molecule has 0 aromatic rings. The van der Waals surface area contributed by atoms with Crippen LogP contribution in [0.2, 0.25) is 0 Å². The molecule has 1 N–H and O–H groups in total. The highest BCUT2D eigenvalue weighted by Crippen LogP contribution is 1.95. The lowest BCUT2D eigenvalue weighted by Gasteiger charge is -2.26. The highest BCUT2D eigenvalue weighted by Gasteiger charge is 2.17. The maximum atomic E-state index is 11.3. The van der Waals surface area contributed by atoms with Gasteiger partial charge in [-0.3, -0.25) is 9.00 Å². The van der Waals surface area contributed by atoms with Crippen molar-refractivity contribution in [3.05, 3.63) is 0 Å². The first-order valence-electron chi connectivity index (χ1n) is 4.57. The van der Waals surface area contributed by atoms with Gasteiger partial charge in [0.25, 0.3) is 0 Å². The minimum Gasteiger partial charge on any atom is -0.339 e. The van der Waals surface area contributed by atoms with Crippen molar-refractivity contribution in [3.63, 3.8) is 0 Å². The molecule has 0 aromatic heterocycles. The molecular weight excluding hydrogens is 188 g/mol. The molecule has 0 spiro atoms. The van der Waals surface area contributed by atoms with Crippen molar-refractivity contribution >= 4 is 16.7 Å². The Bertz CT molecular complexity index is 208. The Hall–Kier alpha value is -0.420. The first-order chi connectivity index (χ1) is 6.24. The third-order valence-electron chi connectivity index (χ3n) is 2.10. The van der Waals surface area contributed by atoms with Gasteiger partial charge in [0.05, 0.1) is 6.54 Å².